The summed E-state index contributed by atoms with van der Waals surface area (Å²) in [5.74, 6) is -0.693. The van der Waals surface area contributed by atoms with Gasteiger partial charge >= 0.3 is 0 Å². The maximum Gasteiger partial charge on any atom is 0.293 e. The number of nitrogens with zero attached hydrogens (tertiary/aromatic N) is 2. The summed E-state index contributed by atoms with van der Waals surface area (Å²) < 4.78 is 14.3. The van der Waals surface area contributed by atoms with E-state index in [4.69, 9.17) is 0 Å². The minimum absolute atomic E-state index is 0.280. The van der Waals surface area contributed by atoms with Gasteiger partial charge in [-0.3, -0.25) is 14.5 Å². The molecule has 0 saturated carbocycles. The highest BCUT2D eigenvalue weighted by molar-refractivity contribution is 8.18. The lowest BCUT2D eigenvalue weighted by Gasteiger charge is -2.17. The molecule has 0 bridgehead atoms. The third kappa shape index (κ3) is 3.27. The highest BCUT2D eigenvalue weighted by atomic mass is 32.2. The van der Waals surface area contributed by atoms with E-state index in [0.29, 0.717) is 18.5 Å². The highest BCUT2D eigenvalue weighted by Crippen LogP contribution is 2.33. The molecule has 122 valence electrons. The summed E-state index contributed by atoms with van der Waals surface area (Å²) in [5.41, 5.74) is 1.21. The fourth-order valence-corrected chi connectivity index (χ4v) is 3.72. The van der Waals surface area contributed by atoms with Gasteiger partial charge in [0.05, 0.1) is 4.91 Å². The summed E-state index contributed by atoms with van der Waals surface area (Å²) in [6, 6.07) is 5.06. The van der Waals surface area contributed by atoms with Crippen LogP contribution in [0.4, 0.5) is 14.9 Å². The first kappa shape index (κ1) is 16.1. The number of imide groups is 1. The summed E-state index contributed by atoms with van der Waals surface area (Å²) in [6.07, 6.45) is 4.45. The maximum atomic E-state index is 14.3. The van der Waals surface area contributed by atoms with Gasteiger partial charge in [-0.25, -0.2) is 4.39 Å². The maximum absolute atomic E-state index is 14.3. The van der Waals surface area contributed by atoms with Crippen molar-refractivity contribution in [2.75, 3.05) is 24.5 Å². The van der Waals surface area contributed by atoms with Gasteiger partial charge in [0, 0.05) is 30.9 Å². The minimum Gasteiger partial charge on any atom is -0.371 e. The predicted molar refractivity (Wildman–Crippen MR) is 90.8 cm³/mol. The molecule has 0 aromatic heterocycles. The van der Waals surface area contributed by atoms with Crippen LogP contribution in [-0.2, 0) is 4.79 Å². The Balaban J connectivity index is 1.82. The first-order valence-corrected chi connectivity index (χ1v) is 8.71. The fourth-order valence-electron chi connectivity index (χ4n) is 2.86. The van der Waals surface area contributed by atoms with Gasteiger partial charge in [0.25, 0.3) is 11.1 Å². The van der Waals surface area contributed by atoms with Crippen LogP contribution in [0.25, 0.3) is 6.08 Å². The van der Waals surface area contributed by atoms with Gasteiger partial charge in [-0.1, -0.05) is 6.92 Å². The number of hydrogen-bond acceptors (Lipinski definition) is 4. The molecular formula is C17H19FN2O2S. The molecule has 0 aliphatic carbocycles. The van der Waals surface area contributed by atoms with Crippen molar-refractivity contribution in [3.63, 3.8) is 0 Å². The van der Waals surface area contributed by atoms with Gasteiger partial charge in [-0.15, -0.1) is 0 Å². The molecule has 4 nitrogen and oxygen atoms in total. The van der Waals surface area contributed by atoms with Crippen LogP contribution < -0.4 is 4.90 Å². The van der Waals surface area contributed by atoms with Crippen LogP contribution in [0, 0.1) is 5.82 Å². The first-order chi connectivity index (χ1) is 11.1. The quantitative estimate of drug-likeness (QED) is 0.784. The topological polar surface area (TPSA) is 40.6 Å². The van der Waals surface area contributed by atoms with Gasteiger partial charge in [0.1, 0.15) is 5.82 Å². The summed E-state index contributed by atoms with van der Waals surface area (Å²) in [7, 11) is 0. The zero-order chi connectivity index (χ0) is 16.4. The van der Waals surface area contributed by atoms with E-state index >= 15 is 0 Å². The molecule has 2 saturated heterocycles. The molecule has 2 amide bonds. The van der Waals surface area contributed by atoms with E-state index in [-0.39, 0.29) is 21.9 Å². The number of anilines is 1. The van der Waals surface area contributed by atoms with E-state index in [9.17, 15) is 14.0 Å². The Hall–Kier alpha value is -1.82. The van der Waals surface area contributed by atoms with Gasteiger partial charge < -0.3 is 4.90 Å². The molecule has 0 radical (unpaired) electrons. The number of thioether (sulfide) groups is 1. The Morgan fingerprint density at radius 3 is 2.65 bits per heavy atom. The Morgan fingerprint density at radius 1 is 1.26 bits per heavy atom. The van der Waals surface area contributed by atoms with Gasteiger partial charge in [-0.05, 0) is 55.3 Å². The second-order valence-electron chi connectivity index (χ2n) is 5.73. The number of amides is 2. The van der Waals surface area contributed by atoms with Crippen LogP contribution in [-0.4, -0.2) is 35.7 Å². The fraction of sp³-hybridized carbons (Fsp3) is 0.412. The monoisotopic (exact) mass is 334 g/mol. The second-order valence-corrected chi connectivity index (χ2v) is 6.73. The molecule has 0 N–H and O–H groups in total. The molecule has 3 rings (SSSR count). The Labute approximate surface area is 139 Å². The summed E-state index contributed by atoms with van der Waals surface area (Å²) >= 11 is 0.876. The molecule has 2 heterocycles. The Kier molecular flexibility index (Phi) is 4.71. The lowest BCUT2D eigenvalue weighted by Crippen LogP contribution is -2.28. The van der Waals surface area contributed by atoms with E-state index in [1.165, 1.54) is 17.0 Å². The predicted octanol–water partition coefficient (Wildman–Crippen LogP) is 3.87. The molecule has 2 aliphatic rings. The standard InChI is InChI=1S/C17H19FN2O2S/c1-2-7-20-16(21)15(23-17(20)22)10-12-5-6-13(11-14(12)18)19-8-3-4-9-19/h5-6,10-11H,2-4,7-9H2,1H3/b15-10+. The summed E-state index contributed by atoms with van der Waals surface area (Å²) in [5, 5.41) is -0.280. The molecule has 0 spiro atoms. The lowest BCUT2D eigenvalue weighted by molar-refractivity contribution is -0.122. The van der Waals surface area contributed by atoms with Crippen LogP contribution in [0.2, 0.25) is 0 Å². The van der Waals surface area contributed by atoms with Gasteiger partial charge in [0.15, 0.2) is 0 Å². The largest absolute Gasteiger partial charge is 0.371 e. The number of carbonyl (C=O) groups is 2. The van der Waals surface area contributed by atoms with E-state index in [0.717, 1.165) is 43.4 Å². The smallest absolute Gasteiger partial charge is 0.293 e. The molecule has 0 unspecified atom stereocenters. The van der Waals surface area contributed by atoms with Crippen molar-refractivity contribution >= 4 is 34.7 Å². The number of benzene rings is 1. The van der Waals surface area contributed by atoms with E-state index in [1.807, 2.05) is 13.0 Å². The van der Waals surface area contributed by atoms with Crippen molar-refractivity contribution in [2.24, 2.45) is 0 Å². The lowest BCUT2D eigenvalue weighted by atomic mass is 10.1. The second kappa shape index (κ2) is 6.74. The molecule has 2 aliphatic heterocycles. The van der Waals surface area contributed by atoms with E-state index in [2.05, 4.69) is 4.90 Å². The third-order valence-corrected chi connectivity index (χ3v) is 4.97. The summed E-state index contributed by atoms with van der Waals surface area (Å²) in [4.78, 5) is 27.7. The van der Waals surface area contributed by atoms with Crippen LogP contribution in [0.3, 0.4) is 0 Å². The SMILES string of the molecule is CCCN1C(=O)S/C(=C/c2ccc(N3CCCC3)cc2F)C1=O. The average Bonchev–Trinajstić information content (AvgIpc) is 3.14. The van der Waals surface area contributed by atoms with Crippen LogP contribution >= 0.6 is 11.8 Å². The molecular weight excluding hydrogens is 315 g/mol. The van der Waals surface area contributed by atoms with Crippen molar-refractivity contribution in [1.82, 2.24) is 4.90 Å². The summed E-state index contributed by atoms with van der Waals surface area (Å²) in [6.45, 7) is 4.21. The van der Waals surface area contributed by atoms with Crippen molar-refractivity contribution in [3.8, 4) is 0 Å². The van der Waals surface area contributed by atoms with Crippen molar-refractivity contribution < 1.29 is 14.0 Å². The number of carbonyl (C=O) groups excluding carboxylic acids is 2. The average molecular weight is 334 g/mol. The molecule has 23 heavy (non-hydrogen) atoms. The first-order valence-electron chi connectivity index (χ1n) is 7.90. The Bertz CT molecular complexity index is 669. The van der Waals surface area contributed by atoms with E-state index < -0.39 is 0 Å². The highest BCUT2D eigenvalue weighted by Gasteiger charge is 2.34. The minimum atomic E-state index is -0.364. The van der Waals surface area contributed by atoms with E-state index in [1.54, 1.807) is 6.07 Å². The van der Waals surface area contributed by atoms with Crippen LogP contribution in [0.1, 0.15) is 31.7 Å². The molecule has 0 atom stereocenters. The molecule has 2 fully saturated rings. The van der Waals surface area contributed by atoms with Crippen LogP contribution in [0.5, 0.6) is 0 Å². The number of halogens is 1. The zero-order valence-electron chi connectivity index (χ0n) is 13.0. The molecule has 6 heteroatoms. The number of rotatable bonds is 4. The molecule has 1 aromatic rings. The van der Waals surface area contributed by atoms with Crippen molar-refractivity contribution in [2.45, 2.75) is 26.2 Å². The normalized spacial score (nSPS) is 20.2. The number of hydrogen-bond donors (Lipinski definition) is 0. The van der Waals surface area contributed by atoms with Crippen molar-refractivity contribution in [1.29, 1.82) is 0 Å². The van der Waals surface area contributed by atoms with Crippen LogP contribution in [0.15, 0.2) is 23.1 Å². The third-order valence-electron chi connectivity index (χ3n) is 4.06. The Morgan fingerprint density at radius 2 is 2.00 bits per heavy atom. The van der Waals surface area contributed by atoms with Crippen molar-refractivity contribution in [3.05, 3.63) is 34.5 Å². The van der Waals surface area contributed by atoms with Gasteiger partial charge in [0.2, 0.25) is 0 Å². The molecule has 1 aromatic carbocycles. The zero-order valence-corrected chi connectivity index (χ0v) is 13.9. The van der Waals surface area contributed by atoms with Gasteiger partial charge in [-0.2, -0.15) is 0 Å².